The molecule has 0 spiro atoms. The molecule has 1 unspecified atom stereocenters. The van der Waals surface area contributed by atoms with E-state index < -0.39 is 4.92 Å². The Morgan fingerprint density at radius 2 is 2.37 bits per heavy atom. The number of rotatable bonds is 4. The van der Waals surface area contributed by atoms with Gasteiger partial charge < -0.3 is 15.4 Å². The molecule has 2 N–H and O–H groups in total. The number of nitro groups is 1. The second kappa shape index (κ2) is 5.66. The molecule has 0 radical (unpaired) electrons. The van der Waals surface area contributed by atoms with Crippen LogP contribution in [0.1, 0.15) is 16.8 Å². The largest absolute Gasteiger partial charge is 0.490 e. The Bertz CT molecular complexity index is 498. The lowest BCUT2D eigenvalue weighted by atomic mass is 10.1. The Morgan fingerprint density at radius 3 is 2.95 bits per heavy atom. The number of carbonyl (C=O) groups is 1. The third-order valence-corrected chi connectivity index (χ3v) is 3.03. The number of hydrogen-bond acceptors (Lipinski definition) is 5. The van der Waals surface area contributed by atoms with Crippen LogP contribution in [0.5, 0.6) is 5.75 Å². The van der Waals surface area contributed by atoms with Crippen LogP contribution in [-0.4, -0.2) is 37.1 Å². The predicted octanol–water partition coefficient (Wildman–Crippen LogP) is 0.695. The lowest BCUT2D eigenvalue weighted by Crippen LogP contribution is -2.36. The van der Waals surface area contributed by atoms with Crippen molar-refractivity contribution in [2.75, 3.05) is 20.2 Å². The zero-order chi connectivity index (χ0) is 13.8. The van der Waals surface area contributed by atoms with Gasteiger partial charge in [-0.1, -0.05) is 0 Å². The maximum Gasteiger partial charge on any atom is 0.310 e. The summed E-state index contributed by atoms with van der Waals surface area (Å²) in [5, 5.41) is 16.8. The molecule has 1 heterocycles. The zero-order valence-corrected chi connectivity index (χ0v) is 10.5. The Hall–Kier alpha value is -2.15. The standard InChI is InChI=1S/C12H15N3O4/c1-19-11-6-8(2-3-10(11)15(17)18)12(16)14-9-4-5-13-7-9/h2-3,6,9,13H,4-5,7H2,1H3,(H,14,16). The number of ether oxygens (including phenoxy) is 1. The number of nitro benzene ring substituents is 1. The van der Waals surface area contributed by atoms with Crippen molar-refractivity contribution in [1.82, 2.24) is 10.6 Å². The highest BCUT2D eigenvalue weighted by atomic mass is 16.6. The van der Waals surface area contributed by atoms with Gasteiger partial charge in [-0.05, 0) is 19.0 Å². The van der Waals surface area contributed by atoms with Crippen molar-refractivity contribution in [2.45, 2.75) is 12.5 Å². The van der Waals surface area contributed by atoms with Crippen molar-refractivity contribution in [3.63, 3.8) is 0 Å². The molecule has 102 valence electrons. The second-order valence-corrected chi connectivity index (χ2v) is 4.31. The van der Waals surface area contributed by atoms with Crippen LogP contribution in [0.4, 0.5) is 5.69 Å². The maximum atomic E-state index is 12.0. The van der Waals surface area contributed by atoms with Gasteiger partial charge in [-0.3, -0.25) is 14.9 Å². The number of hydrogen-bond donors (Lipinski definition) is 2. The van der Waals surface area contributed by atoms with Crippen LogP contribution in [0.25, 0.3) is 0 Å². The van der Waals surface area contributed by atoms with Gasteiger partial charge in [-0.15, -0.1) is 0 Å². The molecule has 2 rings (SSSR count). The molecule has 1 saturated heterocycles. The minimum absolute atomic E-state index is 0.0854. The molecule has 1 atom stereocenters. The number of benzene rings is 1. The number of nitrogens with one attached hydrogen (secondary N) is 2. The van der Waals surface area contributed by atoms with Crippen LogP contribution < -0.4 is 15.4 Å². The van der Waals surface area contributed by atoms with Crippen LogP contribution in [0.2, 0.25) is 0 Å². The molecule has 0 aromatic heterocycles. The van der Waals surface area contributed by atoms with Crippen molar-refractivity contribution < 1.29 is 14.5 Å². The smallest absolute Gasteiger partial charge is 0.310 e. The molecule has 1 amide bonds. The fraction of sp³-hybridized carbons (Fsp3) is 0.417. The van der Waals surface area contributed by atoms with Crippen LogP contribution in [0.3, 0.4) is 0 Å². The molecular formula is C12H15N3O4. The van der Waals surface area contributed by atoms with E-state index in [1.165, 1.54) is 25.3 Å². The van der Waals surface area contributed by atoms with Gasteiger partial charge in [0, 0.05) is 30.3 Å². The third kappa shape index (κ3) is 3.00. The maximum absolute atomic E-state index is 12.0. The van der Waals surface area contributed by atoms with E-state index in [2.05, 4.69) is 10.6 Å². The zero-order valence-electron chi connectivity index (χ0n) is 10.5. The lowest BCUT2D eigenvalue weighted by Gasteiger charge is -2.11. The molecule has 0 saturated carbocycles. The summed E-state index contributed by atoms with van der Waals surface area (Å²) in [6, 6.07) is 4.20. The second-order valence-electron chi connectivity index (χ2n) is 4.31. The first kappa shape index (κ1) is 13.3. The molecule has 19 heavy (non-hydrogen) atoms. The van der Waals surface area contributed by atoms with Gasteiger partial charge in [0.1, 0.15) is 0 Å². The summed E-state index contributed by atoms with van der Waals surface area (Å²) in [7, 11) is 1.34. The van der Waals surface area contributed by atoms with E-state index >= 15 is 0 Å². The minimum Gasteiger partial charge on any atom is -0.490 e. The molecule has 0 aliphatic carbocycles. The Kier molecular flexibility index (Phi) is 3.96. The van der Waals surface area contributed by atoms with E-state index in [4.69, 9.17) is 4.74 Å². The van der Waals surface area contributed by atoms with Crippen molar-refractivity contribution in [3.05, 3.63) is 33.9 Å². The quantitative estimate of drug-likeness (QED) is 0.617. The third-order valence-electron chi connectivity index (χ3n) is 3.03. The molecule has 1 aromatic rings. The molecule has 1 aliphatic heterocycles. The summed E-state index contributed by atoms with van der Waals surface area (Å²) in [5.41, 5.74) is 0.205. The van der Waals surface area contributed by atoms with E-state index in [9.17, 15) is 14.9 Å². The van der Waals surface area contributed by atoms with Crippen LogP contribution in [0.15, 0.2) is 18.2 Å². The summed E-state index contributed by atoms with van der Waals surface area (Å²) < 4.78 is 4.93. The first-order chi connectivity index (χ1) is 9.11. The fourth-order valence-electron chi connectivity index (χ4n) is 2.02. The van der Waals surface area contributed by atoms with Gasteiger partial charge >= 0.3 is 5.69 Å². The van der Waals surface area contributed by atoms with Gasteiger partial charge in [0.15, 0.2) is 5.75 Å². The predicted molar refractivity (Wildman–Crippen MR) is 68.4 cm³/mol. The first-order valence-electron chi connectivity index (χ1n) is 5.96. The van der Waals surface area contributed by atoms with Crippen molar-refractivity contribution in [2.24, 2.45) is 0 Å². The highest BCUT2D eigenvalue weighted by Crippen LogP contribution is 2.27. The van der Waals surface area contributed by atoms with Gasteiger partial charge in [0.05, 0.1) is 12.0 Å². The Morgan fingerprint density at radius 1 is 1.58 bits per heavy atom. The lowest BCUT2D eigenvalue weighted by molar-refractivity contribution is -0.385. The summed E-state index contributed by atoms with van der Waals surface area (Å²) in [5.74, 6) is -0.163. The number of carbonyl (C=O) groups excluding carboxylic acids is 1. The highest BCUT2D eigenvalue weighted by molar-refractivity contribution is 5.95. The van der Waals surface area contributed by atoms with Crippen molar-refractivity contribution in [3.8, 4) is 5.75 Å². The molecule has 1 aromatic carbocycles. The first-order valence-corrected chi connectivity index (χ1v) is 5.96. The van der Waals surface area contributed by atoms with Gasteiger partial charge in [-0.25, -0.2) is 0 Å². The topological polar surface area (TPSA) is 93.5 Å². The monoisotopic (exact) mass is 265 g/mol. The van der Waals surface area contributed by atoms with Crippen molar-refractivity contribution in [1.29, 1.82) is 0 Å². The molecule has 7 heteroatoms. The van der Waals surface area contributed by atoms with Crippen LogP contribution in [0, 0.1) is 10.1 Å². The van der Waals surface area contributed by atoms with E-state index in [0.717, 1.165) is 19.5 Å². The molecular weight excluding hydrogens is 250 g/mol. The average Bonchev–Trinajstić information content (AvgIpc) is 2.90. The van der Waals surface area contributed by atoms with Gasteiger partial charge in [0.2, 0.25) is 0 Å². The summed E-state index contributed by atoms with van der Waals surface area (Å²) in [4.78, 5) is 22.2. The summed E-state index contributed by atoms with van der Waals surface area (Å²) in [6.45, 7) is 1.63. The summed E-state index contributed by atoms with van der Waals surface area (Å²) in [6.07, 6.45) is 0.885. The van der Waals surface area contributed by atoms with E-state index in [-0.39, 0.29) is 23.4 Å². The molecule has 1 fully saturated rings. The number of amides is 1. The average molecular weight is 265 g/mol. The highest BCUT2D eigenvalue weighted by Gasteiger charge is 2.20. The Balaban J connectivity index is 2.15. The van der Waals surface area contributed by atoms with E-state index in [0.29, 0.717) is 5.56 Å². The van der Waals surface area contributed by atoms with E-state index in [1.807, 2.05) is 0 Å². The number of nitrogens with zero attached hydrogens (tertiary/aromatic N) is 1. The fourth-order valence-corrected chi connectivity index (χ4v) is 2.02. The molecule has 7 nitrogen and oxygen atoms in total. The SMILES string of the molecule is COc1cc(C(=O)NC2CCNC2)ccc1[N+](=O)[O-]. The van der Waals surface area contributed by atoms with Crippen LogP contribution >= 0.6 is 0 Å². The van der Waals surface area contributed by atoms with E-state index in [1.54, 1.807) is 0 Å². The summed E-state index contributed by atoms with van der Waals surface area (Å²) >= 11 is 0. The molecule has 1 aliphatic rings. The minimum atomic E-state index is -0.540. The van der Waals surface area contributed by atoms with Crippen molar-refractivity contribution >= 4 is 11.6 Å². The van der Waals surface area contributed by atoms with Crippen LogP contribution in [-0.2, 0) is 0 Å². The molecule has 0 bridgehead atoms. The van der Waals surface area contributed by atoms with Gasteiger partial charge in [0.25, 0.3) is 5.91 Å². The number of methoxy groups -OCH3 is 1. The Labute approximate surface area is 110 Å². The van der Waals surface area contributed by atoms with Gasteiger partial charge in [-0.2, -0.15) is 0 Å². The normalized spacial score (nSPS) is 18.1.